The first kappa shape index (κ1) is 23.3. The smallest absolute Gasteiger partial charge is 0.269 e. The van der Waals surface area contributed by atoms with Crippen molar-refractivity contribution < 1.29 is 33.3 Å². The number of likely N-dealkylation sites (tertiary alicyclic amines) is 1. The number of ether oxygens (including phenoxy) is 4. The van der Waals surface area contributed by atoms with Gasteiger partial charge in [0, 0.05) is 18.7 Å². The Bertz CT molecular complexity index is 721. The van der Waals surface area contributed by atoms with Crippen molar-refractivity contribution in [3.8, 4) is 17.2 Å². The maximum Gasteiger partial charge on any atom is 0.269 e. The first-order valence-electron chi connectivity index (χ1n) is 9.74. The number of amides is 3. The first-order chi connectivity index (χ1) is 14.5. The normalized spacial score (nSPS) is 13.8. The van der Waals surface area contributed by atoms with Crippen molar-refractivity contribution in [1.82, 2.24) is 15.8 Å². The fourth-order valence-corrected chi connectivity index (χ4v) is 3.09. The standard InChI is InChI=1S/C20H29N3O7/c1-27-15-10-14(11-16(28-2)19(15)29-3)20(26)22-21-17(24)12-30-13-18(25)23-8-6-4-5-7-9-23/h10-11H,4-9,12-13H2,1-3H3,(H,21,24)(H,22,26). The summed E-state index contributed by atoms with van der Waals surface area (Å²) < 4.78 is 20.8. The summed E-state index contributed by atoms with van der Waals surface area (Å²) in [6.45, 7) is 0.918. The predicted octanol–water partition coefficient (Wildman–Crippen LogP) is 0.893. The number of carbonyl (C=O) groups is 3. The predicted molar refractivity (Wildman–Crippen MR) is 108 cm³/mol. The second kappa shape index (κ2) is 11.9. The minimum atomic E-state index is -0.584. The highest BCUT2D eigenvalue weighted by atomic mass is 16.5. The van der Waals surface area contributed by atoms with E-state index in [4.69, 9.17) is 18.9 Å². The quantitative estimate of drug-likeness (QED) is 0.597. The second-order valence-corrected chi connectivity index (χ2v) is 6.70. The molecule has 0 spiro atoms. The zero-order chi connectivity index (χ0) is 21.9. The summed E-state index contributed by atoms with van der Waals surface area (Å²) in [5, 5.41) is 0. The van der Waals surface area contributed by atoms with Gasteiger partial charge in [0.25, 0.3) is 11.8 Å². The molecule has 10 nitrogen and oxygen atoms in total. The molecule has 1 heterocycles. The van der Waals surface area contributed by atoms with E-state index in [0.717, 1.165) is 38.8 Å². The molecule has 0 aromatic heterocycles. The topological polar surface area (TPSA) is 115 Å². The van der Waals surface area contributed by atoms with Crippen molar-refractivity contribution in [3.05, 3.63) is 17.7 Å². The van der Waals surface area contributed by atoms with Crippen LogP contribution in [0.25, 0.3) is 0 Å². The number of hydrazine groups is 1. The van der Waals surface area contributed by atoms with E-state index in [0.29, 0.717) is 17.2 Å². The summed E-state index contributed by atoms with van der Waals surface area (Å²) >= 11 is 0. The lowest BCUT2D eigenvalue weighted by Crippen LogP contribution is -2.44. The molecule has 1 fully saturated rings. The van der Waals surface area contributed by atoms with Gasteiger partial charge in [0.2, 0.25) is 11.7 Å². The Morgan fingerprint density at radius 1 is 0.867 bits per heavy atom. The van der Waals surface area contributed by atoms with Gasteiger partial charge in [-0.1, -0.05) is 12.8 Å². The summed E-state index contributed by atoms with van der Waals surface area (Å²) in [6, 6.07) is 2.92. The molecule has 10 heteroatoms. The summed E-state index contributed by atoms with van der Waals surface area (Å²) in [7, 11) is 4.33. The second-order valence-electron chi connectivity index (χ2n) is 6.70. The Hall–Kier alpha value is -3.01. The van der Waals surface area contributed by atoms with Crippen LogP contribution in [-0.4, -0.2) is 70.3 Å². The minimum Gasteiger partial charge on any atom is -0.493 e. The van der Waals surface area contributed by atoms with Gasteiger partial charge in [0.1, 0.15) is 13.2 Å². The Kier molecular flexibility index (Phi) is 9.20. The lowest BCUT2D eigenvalue weighted by Gasteiger charge is -2.20. The van der Waals surface area contributed by atoms with Crippen molar-refractivity contribution in [3.63, 3.8) is 0 Å². The van der Waals surface area contributed by atoms with Gasteiger partial charge in [-0.15, -0.1) is 0 Å². The number of nitrogens with one attached hydrogen (secondary N) is 2. The molecule has 3 amide bonds. The molecule has 1 aromatic carbocycles. The van der Waals surface area contributed by atoms with Gasteiger partial charge in [0.15, 0.2) is 11.5 Å². The molecule has 0 atom stereocenters. The Morgan fingerprint density at radius 2 is 1.47 bits per heavy atom. The van der Waals surface area contributed by atoms with Crippen LogP contribution < -0.4 is 25.1 Å². The van der Waals surface area contributed by atoms with Gasteiger partial charge < -0.3 is 23.8 Å². The average molecular weight is 423 g/mol. The lowest BCUT2D eigenvalue weighted by molar-refractivity contribution is -0.138. The van der Waals surface area contributed by atoms with Crippen molar-refractivity contribution >= 4 is 17.7 Å². The third-order valence-electron chi connectivity index (χ3n) is 4.66. The molecule has 30 heavy (non-hydrogen) atoms. The molecule has 0 aliphatic carbocycles. The number of rotatable bonds is 8. The maximum absolute atomic E-state index is 12.3. The Labute approximate surface area is 175 Å². The maximum atomic E-state index is 12.3. The van der Waals surface area contributed by atoms with E-state index in [1.54, 1.807) is 4.90 Å². The highest BCUT2D eigenvalue weighted by molar-refractivity contribution is 5.96. The van der Waals surface area contributed by atoms with Crippen LogP contribution in [0.15, 0.2) is 12.1 Å². The molecule has 1 saturated heterocycles. The summed E-state index contributed by atoms with van der Waals surface area (Å²) in [5.74, 6) is -0.329. The van der Waals surface area contributed by atoms with E-state index >= 15 is 0 Å². The Morgan fingerprint density at radius 3 is 2.00 bits per heavy atom. The zero-order valence-electron chi connectivity index (χ0n) is 17.6. The Balaban J connectivity index is 1.80. The van der Waals surface area contributed by atoms with Crippen LogP contribution in [0, 0.1) is 0 Å². The lowest BCUT2D eigenvalue weighted by atomic mass is 10.1. The molecule has 1 aliphatic heterocycles. The van der Waals surface area contributed by atoms with Crippen LogP contribution in [0.4, 0.5) is 0 Å². The van der Waals surface area contributed by atoms with Gasteiger partial charge in [-0.05, 0) is 25.0 Å². The van der Waals surface area contributed by atoms with E-state index in [9.17, 15) is 14.4 Å². The molecule has 1 aliphatic rings. The van der Waals surface area contributed by atoms with E-state index in [2.05, 4.69) is 10.9 Å². The number of hydrogen-bond donors (Lipinski definition) is 2. The van der Waals surface area contributed by atoms with Crippen LogP contribution in [-0.2, 0) is 14.3 Å². The van der Waals surface area contributed by atoms with E-state index in [-0.39, 0.29) is 24.7 Å². The molecular weight excluding hydrogens is 394 g/mol. The minimum absolute atomic E-state index is 0.133. The molecule has 2 N–H and O–H groups in total. The van der Waals surface area contributed by atoms with Crippen molar-refractivity contribution in [2.24, 2.45) is 0 Å². The van der Waals surface area contributed by atoms with E-state index in [1.807, 2.05) is 0 Å². The monoisotopic (exact) mass is 423 g/mol. The number of carbonyl (C=O) groups excluding carboxylic acids is 3. The van der Waals surface area contributed by atoms with Gasteiger partial charge in [-0.2, -0.15) is 0 Å². The number of nitrogens with zero attached hydrogens (tertiary/aromatic N) is 1. The van der Waals surface area contributed by atoms with Crippen molar-refractivity contribution in [1.29, 1.82) is 0 Å². The highest BCUT2D eigenvalue weighted by Crippen LogP contribution is 2.38. The SMILES string of the molecule is COc1cc(C(=O)NNC(=O)COCC(=O)N2CCCCCC2)cc(OC)c1OC. The summed E-state index contributed by atoms with van der Waals surface area (Å²) in [5.41, 5.74) is 4.73. The number of hydrogen-bond acceptors (Lipinski definition) is 7. The highest BCUT2D eigenvalue weighted by Gasteiger charge is 2.18. The summed E-state index contributed by atoms with van der Waals surface area (Å²) in [6.07, 6.45) is 4.22. The molecule has 0 unspecified atom stereocenters. The van der Waals surface area contributed by atoms with Gasteiger partial charge in [0.05, 0.1) is 21.3 Å². The van der Waals surface area contributed by atoms with Crippen molar-refractivity contribution in [2.75, 3.05) is 47.6 Å². The van der Waals surface area contributed by atoms with Crippen molar-refractivity contribution in [2.45, 2.75) is 25.7 Å². The van der Waals surface area contributed by atoms with E-state index < -0.39 is 11.8 Å². The van der Waals surface area contributed by atoms with Gasteiger partial charge >= 0.3 is 0 Å². The molecule has 166 valence electrons. The average Bonchev–Trinajstić information content (AvgIpc) is 3.05. The molecule has 2 rings (SSSR count). The molecule has 0 bridgehead atoms. The largest absolute Gasteiger partial charge is 0.493 e. The fourth-order valence-electron chi connectivity index (χ4n) is 3.09. The van der Waals surface area contributed by atoms with Crippen LogP contribution >= 0.6 is 0 Å². The third kappa shape index (κ3) is 6.51. The van der Waals surface area contributed by atoms with Crippen LogP contribution in [0.1, 0.15) is 36.0 Å². The van der Waals surface area contributed by atoms with Gasteiger partial charge in [-0.3, -0.25) is 25.2 Å². The van der Waals surface area contributed by atoms with Gasteiger partial charge in [-0.25, -0.2) is 0 Å². The molecule has 0 radical (unpaired) electrons. The van der Waals surface area contributed by atoms with Crippen LogP contribution in [0.5, 0.6) is 17.2 Å². The third-order valence-corrected chi connectivity index (χ3v) is 4.66. The zero-order valence-corrected chi connectivity index (χ0v) is 17.6. The van der Waals surface area contributed by atoms with Crippen LogP contribution in [0.2, 0.25) is 0 Å². The van der Waals surface area contributed by atoms with E-state index in [1.165, 1.54) is 33.5 Å². The molecule has 1 aromatic rings. The first-order valence-corrected chi connectivity index (χ1v) is 9.74. The summed E-state index contributed by atoms with van der Waals surface area (Å²) in [4.78, 5) is 38.1. The fraction of sp³-hybridized carbons (Fsp3) is 0.550. The molecule has 0 saturated carbocycles. The van der Waals surface area contributed by atoms with Crippen LogP contribution in [0.3, 0.4) is 0 Å². The number of benzene rings is 1. The molecular formula is C20H29N3O7. The number of methoxy groups -OCH3 is 3.